The average molecular weight is 304 g/mol. The minimum absolute atomic E-state index is 0.534. The molecule has 2 aromatic heterocycles. The molecule has 0 radical (unpaired) electrons. The van der Waals surface area contributed by atoms with E-state index in [1.54, 1.807) is 11.3 Å². The summed E-state index contributed by atoms with van der Waals surface area (Å²) in [5.74, 6) is 2.55. The van der Waals surface area contributed by atoms with Crippen LogP contribution in [0.25, 0.3) is 10.2 Å². The van der Waals surface area contributed by atoms with Gasteiger partial charge in [0.1, 0.15) is 10.6 Å². The molecule has 21 heavy (non-hydrogen) atoms. The van der Waals surface area contributed by atoms with Gasteiger partial charge in [-0.05, 0) is 38.2 Å². The van der Waals surface area contributed by atoms with Crippen LogP contribution in [0.3, 0.4) is 0 Å². The maximum atomic E-state index is 4.79. The molecule has 5 heteroatoms. The van der Waals surface area contributed by atoms with Crippen molar-refractivity contribution < 1.29 is 0 Å². The second-order valence-electron chi connectivity index (χ2n) is 5.96. The second kappa shape index (κ2) is 5.79. The summed E-state index contributed by atoms with van der Waals surface area (Å²) >= 11 is 1.79. The zero-order valence-electron chi connectivity index (χ0n) is 13.3. The summed E-state index contributed by atoms with van der Waals surface area (Å²) in [6.07, 6.45) is 3.62. The summed E-state index contributed by atoms with van der Waals surface area (Å²) < 4.78 is 0. The largest absolute Gasteiger partial charge is 0.357 e. The molecular formula is C16H24N4S. The lowest BCUT2D eigenvalue weighted by atomic mass is 9.92. The molecule has 2 aromatic rings. The molecule has 1 fully saturated rings. The van der Waals surface area contributed by atoms with E-state index < -0.39 is 0 Å². The van der Waals surface area contributed by atoms with Crippen molar-refractivity contribution in [3.05, 3.63) is 10.9 Å². The third-order valence-electron chi connectivity index (χ3n) is 4.64. The molecule has 3 rings (SSSR count). The topological polar surface area (TPSA) is 41.1 Å². The summed E-state index contributed by atoms with van der Waals surface area (Å²) in [6, 6.07) is 2.81. The van der Waals surface area contributed by atoms with E-state index in [1.807, 2.05) is 7.05 Å². The van der Waals surface area contributed by atoms with Gasteiger partial charge in [0.25, 0.3) is 0 Å². The van der Waals surface area contributed by atoms with Crippen LogP contribution in [0.4, 0.5) is 11.8 Å². The highest BCUT2D eigenvalue weighted by Crippen LogP contribution is 2.36. The highest BCUT2D eigenvalue weighted by molar-refractivity contribution is 7.18. The molecule has 3 heterocycles. The zero-order valence-corrected chi connectivity index (χ0v) is 14.1. The van der Waals surface area contributed by atoms with Crippen molar-refractivity contribution in [2.45, 2.75) is 46.1 Å². The minimum Gasteiger partial charge on any atom is -0.357 e. The monoisotopic (exact) mass is 304 g/mol. The number of anilines is 2. The van der Waals surface area contributed by atoms with Crippen LogP contribution in [0.1, 0.15) is 38.5 Å². The Morgan fingerprint density at radius 2 is 2.19 bits per heavy atom. The number of hydrogen-bond donors (Lipinski definition) is 1. The van der Waals surface area contributed by atoms with E-state index in [0.717, 1.165) is 29.6 Å². The van der Waals surface area contributed by atoms with Gasteiger partial charge in [-0.25, -0.2) is 4.98 Å². The van der Waals surface area contributed by atoms with E-state index in [4.69, 9.17) is 4.98 Å². The van der Waals surface area contributed by atoms with Gasteiger partial charge >= 0.3 is 0 Å². The Morgan fingerprint density at radius 1 is 1.38 bits per heavy atom. The lowest BCUT2D eigenvalue weighted by Crippen LogP contribution is -2.43. The van der Waals surface area contributed by atoms with Crippen LogP contribution in [0.2, 0.25) is 0 Å². The lowest BCUT2D eigenvalue weighted by molar-refractivity contribution is 0.362. The van der Waals surface area contributed by atoms with Crippen molar-refractivity contribution in [3.8, 4) is 0 Å². The summed E-state index contributed by atoms with van der Waals surface area (Å²) in [5, 5.41) is 4.33. The number of rotatable bonds is 3. The summed E-state index contributed by atoms with van der Waals surface area (Å²) in [4.78, 5) is 14.4. The van der Waals surface area contributed by atoms with Crippen LogP contribution < -0.4 is 10.2 Å². The highest BCUT2D eigenvalue weighted by atomic mass is 32.1. The van der Waals surface area contributed by atoms with Gasteiger partial charge in [0.15, 0.2) is 0 Å². The maximum Gasteiger partial charge on any atom is 0.225 e. The van der Waals surface area contributed by atoms with Crippen LogP contribution in [0.5, 0.6) is 0 Å². The number of aromatic nitrogens is 2. The molecule has 0 aromatic carbocycles. The van der Waals surface area contributed by atoms with Crippen LogP contribution in [0, 0.1) is 5.92 Å². The SMILES string of the molecule is CCc1cc2c(N3CCCC(C)C3C)nc(NC)nc2s1. The third kappa shape index (κ3) is 2.59. The number of aryl methyl sites for hydroxylation is 1. The van der Waals surface area contributed by atoms with Gasteiger partial charge in [-0.2, -0.15) is 4.98 Å². The Balaban J connectivity index is 2.12. The standard InChI is InChI=1S/C16H24N4S/c1-5-12-9-13-14(18-16(17-4)19-15(13)21-12)20-8-6-7-10(2)11(20)3/h9-11H,5-8H2,1-4H3,(H,17,18,19). The van der Waals surface area contributed by atoms with E-state index >= 15 is 0 Å². The Hall–Kier alpha value is -1.36. The van der Waals surface area contributed by atoms with Crippen molar-refractivity contribution in [1.29, 1.82) is 0 Å². The van der Waals surface area contributed by atoms with Crippen LogP contribution >= 0.6 is 11.3 Å². The van der Waals surface area contributed by atoms with E-state index in [-0.39, 0.29) is 0 Å². The van der Waals surface area contributed by atoms with Gasteiger partial charge in [0.2, 0.25) is 5.95 Å². The van der Waals surface area contributed by atoms with E-state index in [2.05, 4.69) is 42.0 Å². The minimum atomic E-state index is 0.534. The van der Waals surface area contributed by atoms with Gasteiger partial charge in [0.05, 0.1) is 5.39 Å². The molecule has 0 bridgehead atoms. The molecule has 2 atom stereocenters. The molecule has 1 N–H and O–H groups in total. The van der Waals surface area contributed by atoms with E-state index in [0.29, 0.717) is 12.0 Å². The number of fused-ring (bicyclic) bond motifs is 1. The van der Waals surface area contributed by atoms with Crippen LogP contribution in [0.15, 0.2) is 6.07 Å². The quantitative estimate of drug-likeness (QED) is 0.933. The molecule has 1 aliphatic heterocycles. The molecule has 1 aliphatic rings. The summed E-state index contributed by atoms with van der Waals surface area (Å²) in [5.41, 5.74) is 0. The first-order valence-corrected chi connectivity index (χ1v) is 8.70. The highest BCUT2D eigenvalue weighted by Gasteiger charge is 2.28. The van der Waals surface area contributed by atoms with Gasteiger partial charge in [-0.3, -0.25) is 0 Å². The van der Waals surface area contributed by atoms with Crippen molar-refractivity contribution in [1.82, 2.24) is 9.97 Å². The molecule has 0 amide bonds. The summed E-state index contributed by atoms with van der Waals surface area (Å²) in [7, 11) is 1.89. The molecule has 0 aliphatic carbocycles. The second-order valence-corrected chi connectivity index (χ2v) is 7.07. The van der Waals surface area contributed by atoms with E-state index in [9.17, 15) is 0 Å². The predicted octanol–water partition coefficient (Wildman–Crippen LogP) is 3.92. The van der Waals surface area contributed by atoms with Crippen molar-refractivity contribution in [2.24, 2.45) is 5.92 Å². The fraction of sp³-hybridized carbons (Fsp3) is 0.625. The molecular weight excluding hydrogens is 280 g/mol. The maximum absolute atomic E-state index is 4.79. The Bertz CT molecular complexity index is 636. The normalized spacial score (nSPS) is 22.8. The Labute approximate surface area is 130 Å². The lowest BCUT2D eigenvalue weighted by Gasteiger charge is -2.39. The van der Waals surface area contributed by atoms with Crippen LogP contribution in [-0.4, -0.2) is 29.6 Å². The van der Waals surface area contributed by atoms with Gasteiger partial charge < -0.3 is 10.2 Å². The molecule has 1 saturated heterocycles. The van der Waals surface area contributed by atoms with Gasteiger partial charge in [-0.1, -0.05) is 13.8 Å². The third-order valence-corrected chi connectivity index (χ3v) is 5.81. The number of hydrogen-bond acceptors (Lipinski definition) is 5. The predicted molar refractivity (Wildman–Crippen MR) is 91.5 cm³/mol. The first kappa shape index (κ1) is 14.6. The number of thiophene rings is 1. The molecule has 4 nitrogen and oxygen atoms in total. The molecule has 2 unspecified atom stereocenters. The zero-order chi connectivity index (χ0) is 15.0. The molecule has 114 valence electrons. The number of nitrogens with one attached hydrogen (secondary N) is 1. The van der Waals surface area contributed by atoms with Crippen LogP contribution in [-0.2, 0) is 6.42 Å². The summed E-state index contributed by atoms with van der Waals surface area (Å²) in [6.45, 7) is 7.96. The average Bonchev–Trinajstić information content (AvgIpc) is 2.92. The molecule has 0 saturated carbocycles. The fourth-order valence-electron chi connectivity index (χ4n) is 3.10. The van der Waals surface area contributed by atoms with Gasteiger partial charge in [-0.15, -0.1) is 11.3 Å². The Kier molecular flexibility index (Phi) is 4.02. The molecule has 0 spiro atoms. The fourth-order valence-corrected chi connectivity index (χ4v) is 4.06. The van der Waals surface area contributed by atoms with Gasteiger partial charge in [0, 0.05) is 24.5 Å². The van der Waals surface area contributed by atoms with Crippen molar-refractivity contribution >= 4 is 33.3 Å². The van der Waals surface area contributed by atoms with Crippen molar-refractivity contribution in [2.75, 3.05) is 23.8 Å². The first-order chi connectivity index (χ1) is 10.1. The van der Waals surface area contributed by atoms with Crippen molar-refractivity contribution in [3.63, 3.8) is 0 Å². The Morgan fingerprint density at radius 3 is 2.90 bits per heavy atom. The first-order valence-electron chi connectivity index (χ1n) is 7.89. The number of nitrogens with zero attached hydrogens (tertiary/aromatic N) is 3. The number of piperidine rings is 1. The van der Waals surface area contributed by atoms with E-state index in [1.165, 1.54) is 23.1 Å². The smallest absolute Gasteiger partial charge is 0.225 e.